The lowest BCUT2D eigenvalue weighted by Gasteiger charge is -2.14. The fourth-order valence-corrected chi connectivity index (χ4v) is 7.96. The number of aromatic nitrogens is 3. The maximum absolute atomic E-state index is 6.46. The molecule has 4 nitrogen and oxygen atoms in total. The second-order valence-electron chi connectivity index (χ2n) is 13.6. The van der Waals surface area contributed by atoms with E-state index < -0.39 is 0 Å². The van der Waals surface area contributed by atoms with Gasteiger partial charge in [-0.15, -0.1) is 0 Å². The summed E-state index contributed by atoms with van der Waals surface area (Å²) in [7, 11) is 0. The van der Waals surface area contributed by atoms with Crippen LogP contribution >= 0.6 is 0 Å². The molecule has 0 amide bonds. The first-order chi connectivity index (χ1) is 26.2. The predicted molar refractivity (Wildman–Crippen MR) is 219 cm³/mol. The van der Waals surface area contributed by atoms with Crippen LogP contribution in [0.1, 0.15) is 0 Å². The predicted octanol–water partition coefficient (Wildman–Crippen LogP) is 13.1. The zero-order valence-corrected chi connectivity index (χ0v) is 28.5. The van der Waals surface area contributed by atoms with E-state index in [-0.39, 0.29) is 0 Å². The van der Waals surface area contributed by atoms with Gasteiger partial charge < -0.3 is 4.42 Å². The van der Waals surface area contributed by atoms with Crippen molar-refractivity contribution in [1.29, 1.82) is 0 Å². The summed E-state index contributed by atoms with van der Waals surface area (Å²) in [5.74, 6) is 1.91. The minimum atomic E-state index is 0.633. The topological polar surface area (TPSA) is 51.8 Å². The Hall–Kier alpha value is -7.17. The number of furan rings is 1. The van der Waals surface area contributed by atoms with Gasteiger partial charge >= 0.3 is 0 Å². The Morgan fingerprint density at radius 1 is 0.302 bits per heavy atom. The van der Waals surface area contributed by atoms with Crippen LogP contribution in [0.2, 0.25) is 0 Å². The molecule has 0 aliphatic carbocycles. The normalized spacial score (nSPS) is 11.8. The zero-order valence-electron chi connectivity index (χ0n) is 28.5. The molecule has 0 unspecified atom stereocenters. The highest BCUT2D eigenvalue weighted by atomic mass is 16.3. The molecule has 246 valence electrons. The van der Waals surface area contributed by atoms with E-state index in [9.17, 15) is 0 Å². The quantitative estimate of drug-likeness (QED) is 0.174. The summed E-state index contributed by atoms with van der Waals surface area (Å²) >= 11 is 0. The second kappa shape index (κ2) is 11.7. The van der Waals surface area contributed by atoms with Crippen molar-refractivity contribution in [1.82, 2.24) is 15.0 Å². The summed E-state index contributed by atoms with van der Waals surface area (Å²) in [6.45, 7) is 0. The maximum atomic E-state index is 6.46. The van der Waals surface area contributed by atoms with Crippen LogP contribution in [0.3, 0.4) is 0 Å². The van der Waals surface area contributed by atoms with Gasteiger partial charge in [0.1, 0.15) is 11.2 Å². The largest absolute Gasteiger partial charge is 0.456 e. The molecule has 2 aromatic heterocycles. The van der Waals surface area contributed by atoms with Gasteiger partial charge in [-0.3, -0.25) is 0 Å². The van der Waals surface area contributed by atoms with E-state index in [1.165, 1.54) is 26.9 Å². The van der Waals surface area contributed by atoms with Crippen molar-refractivity contribution in [2.24, 2.45) is 0 Å². The van der Waals surface area contributed by atoms with Gasteiger partial charge in [-0.25, -0.2) is 15.0 Å². The Bertz CT molecular complexity index is 3240. The molecule has 11 rings (SSSR count). The molecule has 0 atom stereocenters. The van der Waals surface area contributed by atoms with Crippen LogP contribution in [0.5, 0.6) is 0 Å². The molecule has 53 heavy (non-hydrogen) atoms. The molecule has 0 aliphatic rings. The van der Waals surface area contributed by atoms with E-state index >= 15 is 0 Å². The first-order valence-electron chi connectivity index (χ1n) is 17.9. The molecular formula is C49H29N3O. The van der Waals surface area contributed by atoms with Crippen molar-refractivity contribution in [2.75, 3.05) is 0 Å². The molecule has 4 heteroatoms. The molecule has 0 bridgehead atoms. The lowest BCUT2D eigenvalue weighted by Crippen LogP contribution is -2.01. The molecule has 0 fully saturated rings. The first-order valence-corrected chi connectivity index (χ1v) is 17.9. The Balaban J connectivity index is 1.11. The number of hydrogen-bond donors (Lipinski definition) is 0. The minimum Gasteiger partial charge on any atom is -0.456 e. The molecule has 0 N–H and O–H groups in total. The van der Waals surface area contributed by atoms with Gasteiger partial charge in [-0.1, -0.05) is 146 Å². The highest BCUT2D eigenvalue weighted by molar-refractivity contribution is 6.18. The van der Waals surface area contributed by atoms with E-state index in [1.807, 2.05) is 18.2 Å². The van der Waals surface area contributed by atoms with E-state index in [2.05, 4.69) is 158 Å². The summed E-state index contributed by atoms with van der Waals surface area (Å²) in [4.78, 5) is 15.4. The summed E-state index contributed by atoms with van der Waals surface area (Å²) < 4.78 is 6.46. The molecule has 0 saturated heterocycles. The lowest BCUT2D eigenvalue weighted by molar-refractivity contribution is 0.669. The smallest absolute Gasteiger partial charge is 0.164 e. The van der Waals surface area contributed by atoms with Crippen molar-refractivity contribution in [2.45, 2.75) is 0 Å². The van der Waals surface area contributed by atoms with Crippen molar-refractivity contribution in [3.63, 3.8) is 0 Å². The summed E-state index contributed by atoms with van der Waals surface area (Å²) in [5.41, 5.74) is 6.86. The standard InChI is InChI=1S/C49H29N3O/c1-2-12-31(13-3-1)47-50-48(35-23-24-37-34(27-35)22-21-30-11-6-7-16-36(30)37)52-49(51-47)42-26-25-40(38-17-8-9-18-39(38)42)41-19-10-20-44-46(41)43-28-32-14-4-5-15-33(32)29-45(43)53-44/h1-29H. The molecule has 2 heterocycles. The Labute approximate surface area is 304 Å². The fourth-order valence-electron chi connectivity index (χ4n) is 7.96. The van der Waals surface area contributed by atoms with E-state index in [4.69, 9.17) is 19.4 Å². The summed E-state index contributed by atoms with van der Waals surface area (Å²) in [6.07, 6.45) is 0. The Kier molecular flexibility index (Phi) is 6.52. The van der Waals surface area contributed by atoms with Gasteiger partial charge in [0, 0.05) is 27.5 Å². The van der Waals surface area contributed by atoms with Crippen LogP contribution in [0.15, 0.2) is 180 Å². The molecule has 11 aromatic rings. The highest BCUT2D eigenvalue weighted by Crippen LogP contribution is 2.42. The van der Waals surface area contributed by atoms with E-state index in [1.54, 1.807) is 0 Å². The van der Waals surface area contributed by atoms with Gasteiger partial charge in [0.05, 0.1) is 0 Å². The van der Waals surface area contributed by atoms with Crippen molar-refractivity contribution < 1.29 is 4.42 Å². The number of rotatable bonds is 4. The summed E-state index contributed by atoms with van der Waals surface area (Å²) in [5, 5.41) is 11.6. The average molecular weight is 676 g/mol. The third kappa shape index (κ3) is 4.80. The third-order valence-corrected chi connectivity index (χ3v) is 10.5. The molecule has 0 saturated carbocycles. The van der Waals surface area contributed by atoms with Crippen LogP contribution in [0.25, 0.3) is 110 Å². The molecular weight excluding hydrogens is 647 g/mol. The second-order valence-corrected chi connectivity index (χ2v) is 13.6. The van der Waals surface area contributed by atoms with Gasteiger partial charge in [0.25, 0.3) is 0 Å². The number of nitrogens with zero attached hydrogens (tertiary/aromatic N) is 3. The van der Waals surface area contributed by atoms with Crippen LogP contribution < -0.4 is 0 Å². The van der Waals surface area contributed by atoms with Gasteiger partial charge in [-0.05, 0) is 84.5 Å². The van der Waals surface area contributed by atoms with Gasteiger partial charge in [-0.2, -0.15) is 0 Å². The molecule has 0 aliphatic heterocycles. The van der Waals surface area contributed by atoms with Crippen LogP contribution in [-0.2, 0) is 0 Å². The van der Waals surface area contributed by atoms with Crippen molar-refractivity contribution in [3.8, 4) is 45.3 Å². The van der Waals surface area contributed by atoms with Crippen molar-refractivity contribution in [3.05, 3.63) is 176 Å². The number of hydrogen-bond acceptors (Lipinski definition) is 4. The summed E-state index contributed by atoms with van der Waals surface area (Å²) in [6, 6.07) is 61.6. The first kappa shape index (κ1) is 29.5. The highest BCUT2D eigenvalue weighted by Gasteiger charge is 2.19. The number of benzene rings is 9. The zero-order chi connectivity index (χ0) is 34.9. The molecule has 0 radical (unpaired) electrons. The van der Waals surface area contributed by atoms with Crippen LogP contribution in [0, 0.1) is 0 Å². The monoisotopic (exact) mass is 675 g/mol. The molecule has 9 aromatic carbocycles. The van der Waals surface area contributed by atoms with Crippen molar-refractivity contribution >= 4 is 65.0 Å². The minimum absolute atomic E-state index is 0.633. The number of fused-ring (bicyclic) bond motifs is 8. The maximum Gasteiger partial charge on any atom is 0.164 e. The Morgan fingerprint density at radius 3 is 1.75 bits per heavy atom. The lowest BCUT2D eigenvalue weighted by atomic mass is 9.92. The van der Waals surface area contributed by atoms with Crippen LogP contribution in [-0.4, -0.2) is 15.0 Å². The third-order valence-electron chi connectivity index (χ3n) is 10.5. The Morgan fingerprint density at radius 2 is 0.925 bits per heavy atom. The van der Waals surface area contributed by atoms with Gasteiger partial charge in [0.2, 0.25) is 0 Å². The van der Waals surface area contributed by atoms with Crippen LogP contribution in [0.4, 0.5) is 0 Å². The average Bonchev–Trinajstić information content (AvgIpc) is 3.60. The van der Waals surface area contributed by atoms with Gasteiger partial charge in [0.15, 0.2) is 17.5 Å². The van der Waals surface area contributed by atoms with E-state index in [0.29, 0.717) is 17.5 Å². The van der Waals surface area contributed by atoms with E-state index in [0.717, 1.165) is 65.9 Å². The fraction of sp³-hybridized carbons (Fsp3) is 0. The SMILES string of the molecule is c1ccc(-c2nc(-c3ccc4c(ccc5ccccc54)c3)nc(-c3ccc(-c4cccc5oc6cc7ccccc7cc6c45)c4ccccc34)n2)cc1. The molecule has 0 spiro atoms.